The van der Waals surface area contributed by atoms with Gasteiger partial charge >= 0.3 is 0 Å². The third-order valence-corrected chi connectivity index (χ3v) is 2.62. The fraction of sp³-hybridized carbons (Fsp3) is 0.500. The Morgan fingerprint density at radius 2 is 2.29 bits per heavy atom. The van der Waals surface area contributed by atoms with Crippen molar-refractivity contribution >= 4 is 21.7 Å². The third-order valence-electron chi connectivity index (χ3n) is 2.00. The van der Waals surface area contributed by atoms with Gasteiger partial charge in [-0.2, -0.15) is 0 Å². The first-order valence-electron chi connectivity index (χ1n) is 4.74. The minimum atomic E-state index is 0.407. The van der Waals surface area contributed by atoms with Crippen LogP contribution in [0, 0.1) is 0 Å². The van der Waals surface area contributed by atoms with Crippen LogP contribution in [0.4, 0.5) is 5.82 Å². The van der Waals surface area contributed by atoms with Crippen LogP contribution in [0.1, 0.15) is 13.8 Å². The molecule has 3 nitrogen and oxygen atoms in total. The highest BCUT2D eigenvalue weighted by Gasteiger charge is 2.13. The molecule has 0 atom stereocenters. The molecule has 1 rings (SSSR count). The number of hydrogen-bond donors (Lipinski definition) is 1. The van der Waals surface area contributed by atoms with Crippen molar-refractivity contribution in [3.63, 3.8) is 0 Å². The van der Waals surface area contributed by atoms with Crippen molar-refractivity contribution in [2.24, 2.45) is 5.73 Å². The van der Waals surface area contributed by atoms with Crippen LogP contribution in [0.2, 0.25) is 0 Å². The van der Waals surface area contributed by atoms with Gasteiger partial charge in [0, 0.05) is 25.3 Å². The number of halogens is 1. The molecule has 1 aromatic rings. The summed E-state index contributed by atoms with van der Waals surface area (Å²) in [5, 5.41) is 0. The molecule has 1 aromatic heterocycles. The summed E-state index contributed by atoms with van der Waals surface area (Å²) in [6, 6.07) is 4.31. The van der Waals surface area contributed by atoms with Gasteiger partial charge in [0.15, 0.2) is 0 Å². The molecule has 0 radical (unpaired) electrons. The van der Waals surface area contributed by atoms with E-state index in [0.29, 0.717) is 12.6 Å². The van der Waals surface area contributed by atoms with E-state index in [9.17, 15) is 0 Å². The second-order valence-corrected chi connectivity index (χ2v) is 4.24. The number of aromatic nitrogens is 1. The Morgan fingerprint density at radius 3 is 2.79 bits per heavy atom. The molecule has 2 N–H and O–H groups in total. The first-order chi connectivity index (χ1) is 6.66. The number of hydrogen-bond acceptors (Lipinski definition) is 3. The molecule has 1 heterocycles. The largest absolute Gasteiger partial charge is 0.352 e. The molecule has 0 saturated heterocycles. The maximum Gasteiger partial charge on any atom is 0.143 e. The second kappa shape index (κ2) is 5.32. The number of anilines is 1. The van der Waals surface area contributed by atoms with Gasteiger partial charge in [-0.15, -0.1) is 0 Å². The van der Waals surface area contributed by atoms with Gasteiger partial charge in [-0.25, -0.2) is 4.98 Å². The predicted molar refractivity (Wildman–Crippen MR) is 63.5 cm³/mol. The Bertz CT molecular complexity index is 288. The Hall–Kier alpha value is -0.610. The lowest BCUT2D eigenvalue weighted by Crippen LogP contribution is -2.36. The Balaban J connectivity index is 2.93. The Kier molecular flexibility index (Phi) is 4.35. The fourth-order valence-corrected chi connectivity index (χ4v) is 1.82. The summed E-state index contributed by atoms with van der Waals surface area (Å²) < 4.78 is 1.02. The molecule has 0 saturated carbocycles. The molecule has 14 heavy (non-hydrogen) atoms. The number of nitrogens with zero attached hydrogens (tertiary/aromatic N) is 2. The molecule has 78 valence electrons. The maximum absolute atomic E-state index is 5.57. The van der Waals surface area contributed by atoms with Gasteiger partial charge in [-0.3, -0.25) is 0 Å². The minimum absolute atomic E-state index is 0.407. The summed E-state index contributed by atoms with van der Waals surface area (Å²) in [6.07, 6.45) is 1.80. The molecule has 0 fully saturated rings. The van der Waals surface area contributed by atoms with E-state index in [4.69, 9.17) is 5.73 Å². The quantitative estimate of drug-likeness (QED) is 0.898. The highest BCUT2D eigenvalue weighted by atomic mass is 79.9. The number of pyridine rings is 1. The van der Waals surface area contributed by atoms with Crippen LogP contribution in [0.15, 0.2) is 22.8 Å². The monoisotopic (exact) mass is 257 g/mol. The van der Waals surface area contributed by atoms with Crippen LogP contribution in [0.5, 0.6) is 0 Å². The lowest BCUT2D eigenvalue weighted by molar-refractivity contribution is 0.673. The van der Waals surface area contributed by atoms with Gasteiger partial charge in [0.1, 0.15) is 5.82 Å². The normalized spacial score (nSPS) is 10.6. The molecule has 0 aromatic carbocycles. The molecule has 0 spiro atoms. The van der Waals surface area contributed by atoms with E-state index in [2.05, 4.69) is 39.7 Å². The van der Waals surface area contributed by atoms with Crippen LogP contribution in [-0.4, -0.2) is 24.1 Å². The van der Waals surface area contributed by atoms with E-state index in [-0.39, 0.29) is 0 Å². The first-order valence-corrected chi connectivity index (χ1v) is 5.53. The first kappa shape index (κ1) is 11.5. The average Bonchev–Trinajstić information content (AvgIpc) is 2.15. The molecule has 0 aliphatic carbocycles. The zero-order chi connectivity index (χ0) is 10.6. The zero-order valence-corrected chi connectivity index (χ0v) is 10.2. The van der Waals surface area contributed by atoms with E-state index >= 15 is 0 Å². The van der Waals surface area contributed by atoms with Crippen molar-refractivity contribution in [1.29, 1.82) is 0 Å². The smallest absolute Gasteiger partial charge is 0.143 e. The van der Waals surface area contributed by atoms with E-state index < -0.39 is 0 Å². The van der Waals surface area contributed by atoms with Gasteiger partial charge < -0.3 is 10.6 Å². The van der Waals surface area contributed by atoms with Gasteiger partial charge in [0.2, 0.25) is 0 Å². The molecular weight excluding hydrogens is 242 g/mol. The van der Waals surface area contributed by atoms with Crippen molar-refractivity contribution in [3.05, 3.63) is 22.8 Å². The molecule has 4 heteroatoms. The number of nitrogens with two attached hydrogens (primary N) is 1. The lowest BCUT2D eigenvalue weighted by atomic mass is 10.3. The SMILES string of the molecule is CC(C)N(CCN)c1ncccc1Br. The van der Waals surface area contributed by atoms with Crippen molar-refractivity contribution in [2.45, 2.75) is 19.9 Å². The van der Waals surface area contributed by atoms with Crippen molar-refractivity contribution in [2.75, 3.05) is 18.0 Å². The summed E-state index contributed by atoms with van der Waals surface area (Å²) in [5.41, 5.74) is 5.57. The highest BCUT2D eigenvalue weighted by molar-refractivity contribution is 9.10. The molecular formula is C10H16BrN3. The van der Waals surface area contributed by atoms with Crippen LogP contribution < -0.4 is 10.6 Å². The van der Waals surface area contributed by atoms with E-state index in [1.807, 2.05) is 12.1 Å². The number of rotatable bonds is 4. The molecule has 0 amide bonds. The summed E-state index contributed by atoms with van der Waals surface area (Å²) >= 11 is 3.49. The van der Waals surface area contributed by atoms with Crippen molar-refractivity contribution < 1.29 is 0 Å². The van der Waals surface area contributed by atoms with E-state index in [1.54, 1.807) is 6.20 Å². The summed E-state index contributed by atoms with van der Waals surface area (Å²) in [6.45, 7) is 5.74. The van der Waals surface area contributed by atoms with Crippen LogP contribution in [0.3, 0.4) is 0 Å². The summed E-state index contributed by atoms with van der Waals surface area (Å²) in [7, 11) is 0. The standard InChI is InChI=1S/C10H16BrN3/c1-8(2)14(7-5-12)10-9(11)4-3-6-13-10/h3-4,6,8H,5,7,12H2,1-2H3. The van der Waals surface area contributed by atoms with E-state index in [1.165, 1.54) is 0 Å². The average molecular weight is 258 g/mol. The topological polar surface area (TPSA) is 42.1 Å². The Labute approximate surface area is 93.4 Å². The van der Waals surface area contributed by atoms with Crippen LogP contribution in [-0.2, 0) is 0 Å². The predicted octanol–water partition coefficient (Wildman–Crippen LogP) is 2.02. The van der Waals surface area contributed by atoms with Crippen LogP contribution >= 0.6 is 15.9 Å². The van der Waals surface area contributed by atoms with Gasteiger partial charge in [0.25, 0.3) is 0 Å². The van der Waals surface area contributed by atoms with Crippen molar-refractivity contribution in [3.8, 4) is 0 Å². The van der Waals surface area contributed by atoms with Gasteiger partial charge in [0.05, 0.1) is 4.47 Å². The van der Waals surface area contributed by atoms with Gasteiger partial charge in [-0.1, -0.05) is 0 Å². The zero-order valence-electron chi connectivity index (χ0n) is 8.57. The Morgan fingerprint density at radius 1 is 1.57 bits per heavy atom. The second-order valence-electron chi connectivity index (χ2n) is 3.38. The third kappa shape index (κ3) is 2.69. The van der Waals surface area contributed by atoms with E-state index in [0.717, 1.165) is 16.8 Å². The summed E-state index contributed by atoms with van der Waals surface area (Å²) in [5.74, 6) is 0.966. The fourth-order valence-electron chi connectivity index (χ4n) is 1.34. The lowest BCUT2D eigenvalue weighted by Gasteiger charge is -2.28. The maximum atomic E-state index is 5.57. The summed E-state index contributed by atoms with van der Waals surface area (Å²) in [4.78, 5) is 6.53. The molecule has 0 aliphatic rings. The van der Waals surface area contributed by atoms with Crippen molar-refractivity contribution in [1.82, 2.24) is 4.98 Å². The molecule has 0 unspecified atom stereocenters. The molecule has 0 bridgehead atoms. The minimum Gasteiger partial charge on any atom is -0.352 e. The highest BCUT2D eigenvalue weighted by Crippen LogP contribution is 2.23. The molecule has 0 aliphatic heterocycles. The van der Waals surface area contributed by atoms with Crippen LogP contribution in [0.25, 0.3) is 0 Å². The van der Waals surface area contributed by atoms with Gasteiger partial charge in [-0.05, 0) is 41.9 Å².